The van der Waals surface area contributed by atoms with Gasteiger partial charge >= 0.3 is 6.09 Å². The van der Waals surface area contributed by atoms with Crippen LogP contribution in [-0.2, 0) is 11.3 Å². The Labute approximate surface area is 144 Å². The lowest BCUT2D eigenvalue weighted by atomic mass is 10.2. The Bertz CT molecular complexity index is 559. The number of hydrogen-bond donors (Lipinski definition) is 2. The van der Waals surface area contributed by atoms with Gasteiger partial charge in [0, 0.05) is 37.4 Å². The van der Waals surface area contributed by atoms with Crippen LogP contribution in [0.4, 0.5) is 10.5 Å². The highest BCUT2D eigenvalue weighted by Gasteiger charge is 2.38. The Hall–Kier alpha value is -1.75. The van der Waals surface area contributed by atoms with E-state index in [-0.39, 0.29) is 12.1 Å². The molecule has 1 saturated carbocycles. The van der Waals surface area contributed by atoms with E-state index < -0.39 is 5.60 Å². The fraction of sp³-hybridized carbons (Fsp3) is 0.632. The van der Waals surface area contributed by atoms with Gasteiger partial charge in [0.2, 0.25) is 0 Å². The van der Waals surface area contributed by atoms with Crippen molar-refractivity contribution in [2.24, 2.45) is 0 Å². The summed E-state index contributed by atoms with van der Waals surface area (Å²) >= 11 is 0. The molecule has 2 fully saturated rings. The molecule has 0 spiro atoms. The summed E-state index contributed by atoms with van der Waals surface area (Å²) in [6.45, 7) is 8.82. The first-order chi connectivity index (χ1) is 11.4. The lowest BCUT2D eigenvalue weighted by molar-refractivity contribution is 0.0522. The predicted molar refractivity (Wildman–Crippen MR) is 96.3 cm³/mol. The molecule has 24 heavy (non-hydrogen) atoms. The minimum atomic E-state index is -0.445. The number of ether oxygens (including phenoxy) is 1. The van der Waals surface area contributed by atoms with Crippen LogP contribution in [0.2, 0.25) is 0 Å². The van der Waals surface area contributed by atoms with Gasteiger partial charge in [-0.3, -0.25) is 0 Å². The molecule has 2 atom stereocenters. The van der Waals surface area contributed by atoms with Gasteiger partial charge in [-0.05, 0) is 57.7 Å². The Kier molecular flexibility index (Phi) is 4.99. The number of carbonyl (C=O) groups is 1. The molecule has 1 amide bonds. The minimum Gasteiger partial charge on any atom is -0.444 e. The smallest absolute Gasteiger partial charge is 0.407 e. The first-order valence-corrected chi connectivity index (χ1v) is 8.97. The van der Waals surface area contributed by atoms with E-state index in [9.17, 15) is 4.79 Å². The minimum absolute atomic E-state index is 0.184. The number of nitrogens with zero attached hydrogens (tertiary/aromatic N) is 1. The largest absolute Gasteiger partial charge is 0.444 e. The Morgan fingerprint density at radius 1 is 1.17 bits per heavy atom. The third-order valence-corrected chi connectivity index (χ3v) is 4.47. The van der Waals surface area contributed by atoms with Crippen molar-refractivity contribution in [1.82, 2.24) is 10.6 Å². The van der Waals surface area contributed by atoms with E-state index >= 15 is 0 Å². The Morgan fingerprint density at radius 2 is 1.83 bits per heavy atom. The Morgan fingerprint density at radius 3 is 2.46 bits per heavy atom. The third kappa shape index (κ3) is 4.87. The molecule has 1 aliphatic heterocycles. The van der Waals surface area contributed by atoms with Crippen molar-refractivity contribution >= 4 is 11.8 Å². The van der Waals surface area contributed by atoms with Gasteiger partial charge in [-0.25, -0.2) is 4.79 Å². The number of benzene rings is 1. The molecule has 0 aromatic heterocycles. The average Bonchev–Trinajstić information content (AvgIpc) is 3.01. The molecule has 2 N–H and O–H groups in total. The van der Waals surface area contributed by atoms with E-state index in [1.165, 1.54) is 37.2 Å². The van der Waals surface area contributed by atoms with E-state index in [1.807, 2.05) is 20.8 Å². The maximum atomic E-state index is 11.7. The second-order valence-electron chi connectivity index (χ2n) is 7.84. The van der Waals surface area contributed by atoms with Crippen LogP contribution >= 0.6 is 0 Å². The lowest BCUT2D eigenvalue weighted by Crippen LogP contribution is -2.36. The maximum Gasteiger partial charge on any atom is 0.407 e. The molecule has 1 aromatic carbocycles. The summed E-state index contributed by atoms with van der Waals surface area (Å²) in [5.74, 6) is 0. The summed E-state index contributed by atoms with van der Waals surface area (Å²) in [7, 11) is 0. The summed E-state index contributed by atoms with van der Waals surface area (Å²) in [5, 5.41) is 6.41. The normalized spacial score (nSPS) is 23.2. The highest BCUT2D eigenvalue weighted by Crippen LogP contribution is 2.23. The van der Waals surface area contributed by atoms with Gasteiger partial charge < -0.3 is 20.3 Å². The van der Waals surface area contributed by atoms with Crippen LogP contribution in [0.1, 0.15) is 45.6 Å². The maximum absolute atomic E-state index is 11.7. The molecule has 1 aromatic rings. The monoisotopic (exact) mass is 331 g/mol. The van der Waals surface area contributed by atoms with Crippen LogP contribution in [0.15, 0.2) is 24.3 Å². The highest BCUT2D eigenvalue weighted by atomic mass is 16.6. The van der Waals surface area contributed by atoms with Crippen molar-refractivity contribution in [3.8, 4) is 0 Å². The first-order valence-electron chi connectivity index (χ1n) is 8.97. The van der Waals surface area contributed by atoms with Crippen LogP contribution < -0.4 is 15.5 Å². The number of hydrogen-bond acceptors (Lipinski definition) is 4. The molecule has 5 heteroatoms. The molecular formula is C19H29N3O2. The highest BCUT2D eigenvalue weighted by molar-refractivity contribution is 5.68. The molecule has 5 nitrogen and oxygen atoms in total. The van der Waals surface area contributed by atoms with Gasteiger partial charge in [0.05, 0.1) is 0 Å². The summed E-state index contributed by atoms with van der Waals surface area (Å²) in [4.78, 5) is 14.2. The zero-order valence-electron chi connectivity index (χ0n) is 15.0. The van der Waals surface area contributed by atoms with E-state index in [4.69, 9.17) is 4.74 Å². The zero-order valence-corrected chi connectivity index (χ0v) is 15.0. The van der Waals surface area contributed by atoms with E-state index in [0.29, 0.717) is 6.04 Å². The third-order valence-electron chi connectivity index (χ3n) is 4.47. The molecule has 0 radical (unpaired) electrons. The molecule has 1 aliphatic carbocycles. The van der Waals surface area contributed by atoms with Crippen molar-refractivity contribution in [1.29, 1.82) is 0 Å². The number of carbonyl (C=O) groups excluding carboxylic acids is 1. The predicted octanol–water partition coefficient (Wildman–Crippen LogP) is 3.04. The molecule has 0 bridgehead atoms. The standard InChI is InChI=1S/C19H29N3O2/c1-19(2,3)24-18(23)21-17-12-16(17)20-13-14-6-8-15(9-7-14)22-10-4-5-11-22/h6-9,16-17,20H,4-5,10-13H2,1-3H3,(H,21,23). The first kappa shape index (κ1) is 17.1. The molecular weight excluding hydrogens is 302 g/mol. The van der Waals surface area contributed by atoms with E-state index in [0.717, 1.165) is 13.0 Å². The van der Waals surface area contributed by atoms with Crippen LogP contribution in [0.3, 0.4) is 0 Å². The fourth-order valence-electron chi connectivity index (χ4n) is 3.09. The zero-order chi connectivity index (χ0) is 17.2. The van der Waals surface area contributed by atoms with Crippen molar-refractivity contribution < 1.29 is 9.53 Å². The lowest BCUT2D eigenvalue weighted by Gasteiger charge is -2.19. The number of rotatable bonds is 5. The summed E-state index contributed by atoms with van der Waals surface area (Å²) in [6.07, 6.45) is 3.24. The van der Waals surface area contributed by atoms with Gasteiger partial charge in [0.15, 0.2) is 0 Å². The molecule has 2 unspecified atom stereocenters. The van der Waals surface area contributed by atoms with Crippen molar-refractivity contribution in [3.05, 3.63) is 29.8 Å². The molecule has 132 valence electrons. The fourth-order valence-corrected chi connectivity index (χ4v) is 3.09. The van der Waals surface area contributed by atoms with Gasteiger partial charge in [-0.1, -0.05) is 12.1 Å². The van der Waals surface area contributed by atoms with Crippen LogP contribution in [0.25, 0.3) is 0 Å². The van der Waals surface area contributed by atoms with Gasteiger partial charge in [-0.15, -0.1) is 0 Å². The topological polar surface area (TPSA) is 53.6 Å². The van der Waals surface area contributed by atoms with Crippen LogP contribution in [0.5, 0.6) is 0 Å². The van der Waals surface area contributed by atoms with Crippen LogP contribution in [0, 0.1) is 0 Å². The second kappa shape index (κ2) is 7.01. The molecule has 1 saturated heterocycles. The number of alkyl carbamates (subject to hydrolysis) is 1. The van der Waals surface area contributed by atoms with Crippen molar-refractivity contribution in [2.45, 2.75) is 64.3 Å². The average molecular weight is 331 g/mol. The molecule has 3 rings (SSSR count). The van der Waals surface area contributed by atoms with E-state index in [1.54, 1.807) is 0 Å². The quantitative estimate of drug-likeness (QED) is 0.871. The summed E-state index contributed by atoms with van der Waals surface area (Å²) < 4.78 is 5.28. The van der Waals surface area contributed by atoms with Gasteiger partial charge in [0.1, 0.15) is 5.60 Å². The second-order valence-corrected chi connectivity index (χ2v) is 7.84. The SMILES string of the molecule is CC(C)(C)OC(=O)NC1CC1NCc1ccc(N2CCCC2)cc1. The summed E-state index contributed by atoms with van der Waals surface area (Å²) in [5.41, 5.74) is 2.16. The van der Waals surface area contributed by atoms with Crippen molar-refractivity contribution in [2.75, 3.05) is 18.0 Å². The molecule has 2 aliphatic rings. The summed E-state index contributed by atoms with van der Waals surface area (Å²) in [6, 6.07) is 9.34. The Balaban J connectivity index is 1.38. The van der Waals surface area contributed by atoms with Crippen LogP contribution in [-0.4, -0.2) is 36.9 Å². The van der Waals surface area contributed by atoms with Crippen molar-refractivity contribution in [3.63, 3.8) is 0 Å². The number of amides is 1. The van der Waals surface area contributed by atoms with Gasteiger partial charge in [-0.2, -0.15) is 0 Å². The number of anilines is 1. The van der Waals surface area contributed by atoms with Gasteiger partial charge in [0.25, 0.3) is 0 Å². The molecule has 1 heterocycles. The number of nitrogens with one attached hydrogen (secondary N) is 2. The van der Waals surface area contributed by atoms with E-state index in [2.05, 4.69) is 39.8 Å².